The third-order valence-electron chi connectivity index (χ3n) is 8.44. The number of aryl methyl sites for hydroxylation is 2. The van der Waals surface area contributed by atoms with Crippen molar-refractivity contribution >= 4 is 16.0 Å². The highest BCUT2D eigenvalue weighted by atomic mass is 32.2. The van der Waals surface area contributed by atoms with Gasteiger partial charge in [0.15, 0.2) is 0 Å². The lowest BCUT2D eigenvalue weighted by molar-refractivity contribution is 0.0484. The lowest BCUT2D eigenvalue weighted by Crippen LogP contribution is -2.53. The Kier molecular flexibility index (Phi) is 11.8. The van der Waals surface area contributed by atoms with Crippen molar-refractivity contribution in [3.63, 3.8) is 0 Å². The topological polar surface area (TPSA) is 91.3 Å². The number of rotatable bonds is 15. The zero-order chi connectivity index (χ0) is 30.2. The summed E-state index contributed by atoms with van der Waals surface area (Å²) in [5.41, 5.74) is 1.62. The van der Waals surface area contributed by atoms with E-state index in [1.54, 1.807) is 52.4 Å². The summed E-state index contributed by atoms with van der Waals surface area (Å²) in [5, 5.41) is 0. The number of sulfonamides is 1. The van der Waals surface area contributed by atoms with Crippen molar-refractivity contribution in [2.45, 2.75) is 63.3 Å². The first-order chi connectivity index (χ1) is 19.4. The van der Waals surface area contributed by atoms with Crippen LogP contribution in [0.3, 0.4) is 0 Å². The number of hydrogen-bond donors (Lipinski definition) is 0. The molecule has 1 aromatic heterocycles. The van der Waals surface area contributed by atoms with E-state index >= 15 is 0 Å². The van der Waals surface area contributed by atoms with E-state index in [-0.39, 0.29) is 13.2 Å². The predicted octanol–water partition coefficient (Wildman–Crippen LogP) is 3.82. The molecule has 0 radical (unpaired) electrons. The van der Waals surface area contributed by atoms with Crippen LogP contribution in [0, 0.1) is 13.8 Å². The maximum atomic E-state index is 13.3. The number of piperidine rings is 1. The molecule has 2 aromatic rings. The zero-order valence-corrected chi connectivity index (χ0v) is 27.1. The molecule has 0 N–H and O–H groups in total. The van der Waals surface area contributed by atoms with Gasteiger partial charge in [0.2, 0.25) is 21.9 Å². The fraction of sp³-hybridized carbons (Fsp3) is 0.667. The first-order valence-electron chi connectivity index (χ1n) is 14.6. The van der Waals surface area contributed by atoms with Gasteiger partial charge in [-0.25, -0.2) is 13.4 Å². The Hall–Kier alpha value is -2.47. The molecule has 0 bridgehead atoms. The predicted molar refractivity (Wildman–Crippen MR) is 165 cm³/mol. The van der Waals surface area contributed by atoms with Gasteiger partial charge in [-0.3, -0.25) is 0 Å². The minimum Gasteiger partial charge on any atom is -0.497 e. The van der Waals surface area contributed by atoms with E-state index in [9.17, 15) is 8.42 Å². The molecule has 11 heteroatoms. The van der Waals surface area contributed by atoms with Gasteiger partial charge in [-0.15, -0.1) is 0 Å². The largest absolute Gasteiger partial charge is 0.497 e. The number of unbranched alkanes of at least 4 members (excludes halogenated alkanes) is 1. The van der Waals surface area contributed by atoms with Crippen molar-refractivity contribution in [1.82, 2.24) is 24.1 Å². The minimum absolute atomic E-state index is 0.170. The van der Waals surface area contributed by atoms with Crippen LogP contribution < -0.4 is 14.4 Å². The molecular formula is C30H50N6O4S. The molecule has 0 saturated carbocycles. The van der Waals surface area contributed by atoms with Gasteiger partial charge in [-0.05, 0) is 83.6 Å². The molecule has 1 fully saturated rings. The quantitative estimate of drug-likeness (QED) is 0.307. The first-order valence-corrected chi connectivity index (χ1v) is 16.1. The third-order valence-corrected chi connectivity index (χ3v) is 10.6. The van der Waals surface area contributed by atoms with Gasteiger partial charge in [0, 0.05) is 51.5 Å². The van der Waals surface area contributed by atoms with Crippen molar-refractivity contribution < 1.29 is 17.9 Å². The van der Waals surface area contributed by atoms with Gasteiger partial charge >= 0.3 is 0 Å². The lowest BCUT2D eigenvalue weighted by atomic mass is 9.82. The Morgan fingerprint density at radius 3 is 2.29 bits per heavy atom. The Labute approximate surface area is 247 Å². The van der Waals surface area contributed by atoms with Gasteiger partial charge in [0.1, 0.15) is 12.4 Å². The fourth-order valence-corrected chi connectivity index (χ4v) is 7.16. The van der Waals surface area contributed by atoms with Gasteiger partial charge in [-0.2, -0.15) is 9.29 Å². The molecule has 2 heterocycles. The molecule has 1 aliphatic heterocycles. The maximum Gasteiger partial charge on any atom is 0.243 e. The second kappa shape index (κ2) is 14.6. The van der Waals surface area contributed by atoms with Crippen LogP contribution in [-0.4, -0.2) is 113 Å². The van der Waals surface area contributed by atoms with Crippen LogP contribution in [-0.2, 0) is 10.0 Å². The van der Waals surface area contributed by atoms with Gasteiger partial charge < -0.3 is 24.2 Å². The number of methoxy groups -OCH3 is 1. The SMILES string of the molecule is CCCCC1(N(C)C)CCN(CCN(C)c2nccc(OCCN(C)S(=O)(=O)c3c(C)cc(OC)cc3C)n2)CC1. The van der Waals surface area contributed by atoms with Crippen LogP contribution in [0.5, 0.6) is 11.6 Å². The van der Waals surface area contributed by atoms with Crippen LogP contribution in [0.25, 0.3) is 0 Å². The Morgan fingerprint density at radius 2 is 1.71 bits per heavy atom. The first kappa shape index (κ1) is 33.0. The standard InChI is InChI=1S/C30H50N6O4S/c1-9-10-12-30(33(4)5)13-16-36(17-14-30)19-18-34(6)29-31-15-11-27(32-29)40-21-20-35(7)41(37,38)28-24(2)22-26(39-8)23-25(28)3/h11,15,22-23H,9-10,12-14,16-21H2,1-8H3. The number of benzene rings is 1. The number of likely N-dealkylation sites (tertiary alicyclic amines) is 1. The summed E-state index contributed by atoms with van der Waals surface area (Å²) in [6.45, 7) is 10.2. The van der Waals surface area contributed by atoms with Crippen LogP contribution in [0.4, 0.5) is 5.95 Å². The van der Waals surface area contributed by atoms with Gasteiger partial charge in [0.25, 0.3) is 0 Å². The fourth-order valence-electron chi connectivity index (χ4n) is 5.60. The molecule has 1 aromatic carbocycles. The summed E-state index contributed by atoms with van der Waals surface area (Å²) >= 11 is 0. The van der Waals surface area contributed by atoms with E-state index in [1.807, 2.05) is 11.9 Å². The van der Waals surface area contributed by atoms with Gasteiger partial charge in [-0.1, -0.05) is 19.8 Å². The Morgan fingerprint density at radius 1 is 1.05 bits per heavy atom. The molecule has 0 amide bonds. The average molecular weight is 591 g/mol. The third kappa shape index (κ3) is 8.30. The van der Waals surface area contributed by atoms with E-state index in [0.29, 0.717) is 39.1 Å². The highest BCUT2D eigenvalue weighted by Gasteiger charge is 2.35. The second-order valence-electron chi connectivity index (χ2n) is 11.4. The molecular weight excluding hydrogens is 540 g/mol. The molecule has 3 rings (SSSR count). The summed E-state index contributed by atoms with van der Waals surface area (Å²) < 4.78 is 39.0. The maximum absolute atomic E-state index is 13.3. The van der Waals surface area contributed by atoms with Crippen LogP contribution in [0.2, 0.25) is 0 Å². The van der Waals surface area contributed by atoms with Crippen LogP contribution >= 0.6 is 0 Å². The Bertz CT molecular complexity index is 1210. The zero-order valence-electron chi connectivity index (χ0n) is 26.3. The minimum atomic E-state index is -3.69. The summed E-state index contributed by atoms with van der Waals surface area (Å²) in [5.74, 6) is 1.66. The Balaban J connectivity index is 1.51. The highest BCUT2D eigenvalue weighted by Crippen LogP contribution is 2.32. The number of hydrogen-bond acceptors (Lipinski definition) is 9. The molecule has 1 aliphatic rings. The number of nitrogens with zero attached hydrogens (tertiary/aromatic N) is 6. The van der Waals surface area contributed by atoms with E-state index < -0.39 is 10.0 Å². The second-order valence-corrected chi connectivity index (χ2v) is 13.4. The number of likely N-dealkylation sites (N-methyl/N-ethyl adjacent to an activating group) is 2. The molecule has 1 saturated heterocycles. The van der Waals surface area contributed by atoms with Crippen molar-refractivity contribution in [2.75, 3.05) is 79.5 Å². The van der Waals surface area contributed by atoms with Crippen molar-refractivity contribution in [2.24, 2.45) is 0 Å². The van der Waals surface area contributed by atoms with Crippen molar-refractivity contribution in [1.29, 1.82) is 0 Å². The summed E-state index contributed by atoms with van der Waals surface area (Å²) in [6.07, 6.45) is 7.87. The highest BCUT2D eigenvalue weighted by molar-refractivity contribution is 7.89. The smallest absolute Gasteiger partial charge is 0.243 e. The number of anilines is 1. The average Bonchev–Trinajstić information content (AvgIpc) is 2.94. The molecule has 0 atom stereocenters. The van der Waals surface area contributed by atoms with E-state index in [0.717, 1.165) is 26.2 Å². The van der Waals surface area contributed by atoms with Crippen LogP contribution in [0.15, 0.2) is 29.3 Å². The number of ether oxygens (including phenoxy) is 2. The van der Waals surface area contributed by atoms with Gasteiger partial charge in [0.05, 0.1) is 12.0 Å². The summed E-state index contributed by atoms with van der Waals surface area (Å²) in [7, 11) is 5.90. The number of aromatic nitrogens is 2. The molecule has 230 valence electrons. The van der Waals surface area contributed by atoms with Crippen molar-refractivity contribution in [3.8, 4) is 11.6 Å². The molecule has 10 nitrogen and oxygen atoms in total. The summed E-state index contributed by atoms with van der Waals surface area (Å²) in [6, 6.07) is 5.17. The monoisotopic (exact) mass is 590 g/mol. The van der Waals surface area contributed by atoms with E-state index in [2.05, 4.69) is 40.8 Å². The molecule has 0 unspecified atom stereocenters. The van der Waals surface area contributed by atoms with Crippen molar-refractivity contribution in [3.05, 3.63) is 35.5 Å². The lowest BCUT2D eigenvalue weighted by Gasteiger charge is -2.46. The molecule has 41 heavy (non-hydrogen) atoms. The molecule has 0 spiro atoms. The van der Waals surface area contributed by atoms with E-state index in [4.69, 9.17) is 9.47 Å². The van der Waals surface area contributed by atoms with Crippen LogP contribution in [0.1, 0.15) is 50.2 Å². The summed E-state index contributed by atoms with van der Waals surface area (Å²) in [4.78, 5) is 16.3. The van der Waals surface area contributed by atoms with E-state index in [1.165, 1.54) is 36.4 Å². The molecule has 0 aliphatic carbocycles. The normalized spacial score (nSPS) is 15.9.